The van der Waals surface area contributed by atoms with Gasteiger partial charge < -0.3 is 14.6 Å². The number of carbonyl (C=O) groups excluding carboxylic acids is 1. The normalized spacial score (nSPS) is 21.0. The number of nitrogens with one attached hydrogen (secondary N) is 1. The molecule has 1 amide bonds. The van der Waals surface area contributed by atoms with Gasteiger partial charge in [-0.2, -0.15) is 0 Å². The summed E-state index contributed by atoms with van der Waals surface area (Å²) in [5.74, 6) is 0.650. The zero-order chi connectivity index (χ0) is 15.5. The second-order valence-corrected chi connectivity index (χ2v) is 5.23. The largest absolute Gasteiger partial charge is 0.380 e. The summed E-state index contributed by atoms with van der Waals surface area (Å²) in [6.45, 7) is 4.12. The fourth-order valence-corrected chi connectivity index (χ4v) is 2.76. The third kappa shape index (κ3) is 2.65. The molecule has 3 rings (SSSR count). The van der Waals surface area contributed by atoms with Crippen LogP contribution in [0.15, 0.2) is 43.4 Å². The van der Waals surface area contributed by atoms with Gasteiger partial charge in [-0.25, -0.2) is 4.98 Å². The predicted octanol–water partition coefficient (Wildman–Crippen LogP) is 1.95. The van der Waals surface area contributed by atoms with Gasteiger partial charge in [-0.1, -0.05) is 6.58 Å². The van der Waals surface area contributed by atoms with Gasteiger partial charge in [0.1, 0.15) is 5.82 Å². The average Bonchev–Trinajstić information content (AvgIpc) is 3.21. The minimum absolute atomic E-state index is 0.0147. The van der Waals surface area contributed by atoms with Crippen LogP contribution in [0.3, 0.4) is 0 Å². The standard InChI is InChI=1S/C16H18N4O2/c1-3-15(21)20-10-12(22-2)7-14(20)16-18-9-13(19-16)11-5-4-6-17-8-11/h3-6,8-9,12,14H,1,7,10H2,2H3,(H,18,19)/t12-,14+/m1/s1. The molecule has 1 aliphatic heterocycles. The molecular formula is C16H18N4O2. The number of rotatable bonds is 4. The number of amides is 1. The summed E-state index contributed by atoms with van der Waals surface area (Å²) in [6.07, 6.45) is 7.33. The van der Waals surface area contributed by atoms with E-state index in [2.05, 4.69) is 21.5 Å². The van der Waals surface area contributed by atoms with Gasteiger partial charge in [0.25, 0.3) is 0 Å². The number of methoxy groups -OCH3 is 1. The van der Waals surface area contributed by atoms with Gasteiger partial charge >= 0.3 is 0 Å². The quantitative estimate of drug-likeness (QED) is 0.876. The van der Waals surface area contributed by atoms with Crippen molar-refractivity contribution in [3.05, 3.63) is 49.2 Å². The van der Waals surface area contributed by atoms with Crippen molar-refractivity contribution in [3.63, 3.8) is 0 Å². The van der Waals surface area contributed by atoms with Crippen LogP contribution in [-0.2, 0) is 9.53 Å². The molecule has 2 aromatic heterocycles. The molecule has 0 spiro atoms. The Labute approximate surface area is 128 Å². The second-order valence-electron chi connectivity index (χ2n) is 5.23. The van der Waals surface area contributed by atoms with Crippen LogP contribution in [0, 0.1) is 0 Å². The number of hydrogen-bond acceptors (Lipinski definition) is 4. The molecule has 2 atom stereocenters. The van der Waals surface area contributed by atoms with E-state index in [4.69, 9.17) is 4.74 Å². The number of hydrogen-bond donors (Lipinski definition) is 1. The Morgan fingerprint density at radius 1 is 1.55 bits per heavy atom. The van der Waals surface area contributed by atoms with Crippen LogP contribution in [0.2, 0.25) is 0 Å². The Morgan fingerprint density at radius 2 is 2.41 bits per heavy atom. The average molecular weight is 298 g/mol. The van der Waals surface area contributed by atoms with Gasteiger partial charge in [0.2, 0.25) is 5.91 Å². The Bertz CT molecular complexity index is 668. The monoisotopic (exact) mass is 298 g/mol. The van der Waals surface area contributed by atoms with Crippen LogP contribution >= 0.6 is 0 Å². The Morgan fingerprint density at radius 3 is 3.09 bits per heavy atom. The maximum Gasteiger partial charge on any atom is 0.246 e. The maximum absolute atomic E-state index is 12.0. The number of pyridine rings is 1. The maximum atomic E-state index is 12.0. The SMILES string of the molecule is C=CC(=O)N1C[C@H](OC)C[C@H]1c1ncc(-c2cccnc2)[nH]1. The van der Waals surface area contributed by atoms with Crippen LogP contribution in [0.5, 0.6) is 0 Å². The van der Waals surface area contributed by atoms with E-state index in [1.165, 1.54) is 6.08 Å². The van der Waals surface area contributed by atoms with E-state index in [0.717, 1.165) is 23.5 Å². The summed E-state index contributed by atoms with van der Waals surface area (Å²) >= 11 is 0. The fraction of sp³-hybridized carbons (Fsp3) is 0.312. The van der Waals surface area contributed by atoms with Crippen molar-refractivity contribution in [2.45, 2.75) is 18.6 Å². The van der Waals surface area contributed by atoms with E-state index in [1.54, 1.807) is 30.6 Å². The number of nitrogens with zero attached hydrogens (tertiary/aromatic N) is 3. The van der Waals surface area contributed by atoms with Crippen molar-refractivity contribution in [1.29, 1.82) is 0 Å². The molecule has 6 nitrogen and oxygen atoms in total. The van der Waals surface area contributed by atoms with Gasteiger partial charge in [0, 0.05) is 38.0 Å². The second kappa shape index (κ2) is 6.11. The van der Waals surface area contributed by atoms with Crippen LogP contribution in [0.1, 0.15) is 18.3 Å². The molecule has 0 radical (unpaired) electrons. The molecule has 1 saturated heterocycles. The molecule has 0 saturated carbocycles. The van der Waals surface area contributed by atoms with Crippen LogP contribution < -0.4 is 0 Å². The molecule has 0 aromatic carbocycles. The number of H-pyrrole nitrogens is 1. The number of ether oxygens (including phenoxy) is 1. The van der Waals surface area contributed by atoms with Crippen molar-refractivity contribution in [1.82, 2.24) is 19.9 Å². The molecule has 2 aromatic rings. The Kier molecular flexibility index (Phi) is 4.02. The van der Waals surface area contributed by atoms with E-state index in [1.807, 2.05) is 12.1 Å². The lowest BCUT2D eigenvalue weighted by molar-refractivity contribution is -0.127. The van der Waals surface area contributed by atoms with Gasteiger partial charge in [0.05, 0.1) is 24.0 Å². The molecule has 0 aliphatic carbocycles. The number of carbonyl (C=O) groups is 1. The highest BCUT2D eigenvalue weighted by molar-refractivity contribution is 5.87. The molecule has 22 heavy (non-hydrogen) atoms. The number of aromatic nitrogens is 3. The summed E-state index contributed by atoms with van der Waals surface area (Å²) in [6, 6.07) is 3.71. The van der Waals surface area contributed by atoms with Gasteiger partial charge in [-0.3, -0.25) is 9.78 Å². The lowest BCUT2D eigenvalue weighted by Gasteiger charge is -2.21. The smallest absolute Gasteiger partial charge is 0.246 e. The molecule has 114 valence electrons. The first-order valence-electron chi connectivity index (χ1n) is 7.14. The third-order valence-corrected chi connectivity index (χ3v) is 3.94. The first kappa shape index (κ1) is 14.5. The first-order chi connectivity index (χ1) is 10.7. The summed E-state index contributed by atoms with van der Waals surface area (Å²) in [5, 5.41) is 0. The summed E-state index contributed by atoms with van der Waals surface area (Å²) in [7, 11) is 1.66. The Balaban J connectivity index is 1.88. The number of likely N-dealkylation sites (tertiary alicyclic amines) is 1. The predicted molar refractivity (Wildman–Crippen MR) is 81.9 cm³/mol. The summed E-state index contributed by atoms with van der Waals surface area (Å²) < 4.78 is 5.40. The van der Waals surface area contributed by atoms with Gasteiger partial charge in [0.15, 0.2) is 0 Å². The van der Waals surface area contributed by atoms with E-state index in [0.29, 0.717) is 6.54 Å². The highest BCUT2D eigenvalue weighted by atomic mass is 16.5. The molecule has 1 aliphatic rings. The van der Waals surface area contributed by atoms with Crippen molar-refractivity contribution in [2.75, 3.05) is 13.7 Å². The highest BCUT2D eigenvalue weighted by Gasteiger charge is 2.37. The van der Waals surface area contributed by atoms with Crippen LogP contribution in [0.25, 0.3) is 11.3 Å². The van der Waals surface area contributed by atoms with E-state index >= 15 is 0 Å². The summed E-state index contributed by atoms with van der Waals surface area (Å²) in [4.78, 5) is 25.6. The highest BCUT2D eigenvalue weighted by Crippen LogP contribution is 2.32. The van der Waals surface area contributed by atoms with E-state index in [-0.39, 0.29) is 18.1 Å². The molecule has 0 bridgehead atoms. The molecule has 1 fully saturated rings. The molecule has 3 heterocycles. The van der Waals surface area contributed by atoms with Crippen LogP contribution in [0.4, 0.5) is 0 Å². The molecule has 0 unspecified atom stereocenters. The fourth-order valence-electron chi connectivity index (χ4n) is 2.76. The lowest BCUT2D eigenvalue weighted by atomic mass is 10.2. The number of aromatic amines is 1. The zero-order valence-electron chi connectivity index (χ0n) is 12.4. The van der Waals surface area contributed by atoms with Crippen molar-refractivity contribution in [2.24, 2.45) is 0 Å². The van der Waals surface area contributed by atoms with Crippen molar-refractivity contribution in [3.8, 4) is 11.3 Å². The molecule has 6 heteroatoms. The lowest BCUT2D eigenvalue weighted by Crippen LogP contribution is -2.30. The minimum atomic E-state index is -0.124. The third-order valence-electron chi connectivity index (χ3n) is 3.94. The van der Waals surface area contributed by atoms with E-state index < -0.39 is 0 Å². The van der Waals surface area contributed by atoms with Crippen molar-refractivity contribution >= 4 is 5.91 Å². The Hall–Kier alpha value is -2.47. The topological polar surface area (TPSA) is 71.1 Å². The number of imidazole rings is 1. The summed E-state index contributed by atoms with van der Waals surface area (Å²) in [5.41, 5.74) is 1.85. The molecular weight excluding hydrogens is 280 g/mol. The minimum Gasteiger partial charge on any atom is -0.380 e. The first-order valence-corrected chi connectivity index (χ1v) is 7.14. The van der Waals surface area contributed by atoms with Crippen LogP contribution in [-0.4, -0.2) is 45.5 Å². The van der Waals surface area contributed by atoms with Gasteiger partial charge in [-0.15, -0.1) is 0 Å². The van der Waals surface area contributed by atoms with E-state index in [9.17, 15) is 4.79 Å². The zero-order valence-corrected chi connectivity index (χ0v) is 12.4. The van der Waals surface area contributed by atoms with Crippen molar-refractivity contribution < 1.29 is 9.53 Å². The van der Waals surface area contributed by atoms with Gasteiger partial charge in [-0.05, 0) is 18.2 Å². The molecule has 1 N–H and O–H groups in total.